The first kappa shape index (κ1) is 29.6. The van der Waals surface area contributed by atoms with Gasteiger partial charge in [-0.25, -0.2) is 9.69 Å². The van der Waals surface area contributed by atoms with Crippen molar-refractivity contribution in [3.63, 3.8) is 0 Å². The Balaban J connectivity index is 1.58. The molecule has 2 amide bonds. The molecule has 0 radical (unpaired) electrons. The molecule has 0 aromatic heterocycles. The van der Waals surface area contributed by atoms with E-state index in [0.717, 1.165) is 16.9 Å². The van der Waals surface area contributed by atoms with E-state index in [4.69, 9.17) is 18.9 Å². The zero-order valence-corrected chi connectivity index (χ0v) is 23.0. The molecule has 0 saturated carbocycles. The van der Waals surface area contributed by atoms with E-state index < -0.39 is 30.1 Å². The van der Waals surface area contributed by atoms with Crippen LogP contribution in [0.5, 0.6) is 5.75 Å². The van der Waals surface area contributed by atoms with E-state index in [9.17, 15) is 14.7 Å². The zero-order valence-electron chi connectivity index (χ0n) is 23.0. The molecule has 208 valence electrons. The van der Waals surface area contributed by atoms with Crippen molar-refractivity contribution in [3.8, 4) is 5.75 Å². The number of carbonyl (C=O) groups excluding carboxylic acids is 2. The number of hydrogen-bond donors (Lipinski definition) is 1. The highest BCUT2D eigenvalue weighted by Gasteiger charge is 2.42. The smallest absolute Gasteiger partial charge is 0.416 e. The molecule has 8 nitrogen and oxygen atoms in total. The summed E-state index contributed by atoms with van der Waals surface area (Å²) in [5.74, 6) is -0.580. The number of methoxy groups -OCH3 is 2. The lowest BCUT2D eigenvalue weighted by molar-refractivity contribution is -0.138. The predicted octanol–water partition coefficient (Wildman–Crippen LogP) is 4.48. The summed E-state index contributed by atoms with van der Waals surface area (Å²) in [7, 11) is 3.26. The quantitative estimate of drug-likeness (QED) is 0.387. The molecule has 0 aliphatic carbocycles. The average Bonchev–Trinajstić information content (AvgIpc) is 3.30. The fraction of sp³-hybridized carbons (Fsp3) is 0.533. The van der Waals surface area contributed by atoms with Gasteiger partial charge in [-0.15, -0.1) is 0 Å². The van der Waals surface area contributed by atoms with Crippen molar-refractivity contribution in [2.45, 2.75) is 58.5 Å². The molecule has 2 aromatic carbocycles. The van der Waals surface area contributed by atoms with Crippen molar-refractivity contribution in [1.29, 1.82) is 0 Å². The Kier molecular flexibility index (Phi) is 11.1. The number of carbonyl (C=O) groups is 2. The Bertz CT molecular complexity index is 1010. The van der Waals surface area contributed by atoms with Crippen LogP contribution in [-0.4, -0.2) is 67.7 Å². The van der Waals surface area contributed by atoms with Crippen LogP contribution < -0.4 is 4.74 Å². The van der Waals surface area contributed by atoms with E-state index in [0.29, 0.717) is 26.1 Å². The van der Waals surface area contributed by atoms with Gasteiger partial charge in [0.05, 0.1) is 44.5 Å². The van der Waals surface area contributed by atoms with Crippen molar-refractivity contribution in [1.82, 2.24) is 4.90 Å². The molecule has 2 aromatic rings. The van der Waals surface area contributed by atoms with Crippen LogP contribution in [0.15, 0.2) is 54.6 Å². The van der Waals surface area contributed by atoms with Crippen LogP contribution in [0.3, 0.4) is 0 Å². The van der Waals surface area contributed by atoms with E-state index in [1.165, 1.54) is 4.90 Å². The van der Waals surface area contributed by atoms with Crippen molar-refractivity contribution in [2.75, 3.05) is 27.4 Å². The predicted molar refractivity (Wildman–Crippen MR) is 144 cm³/mol. The number of amides is 2. The summed E-state index contributed by atoms with van der Waals surface area (Å²) in [6.45, 7) is 6.63. The van der Waals surface area contributed by atoms with Gasteiger partial charge in [0.1, 0.15) is 12.4 Å². The van der Waals surface area contributed by atoms with Gasteiger partial charge >= 0.3 is 6.09 Å². The first-order chi connectivity index (χ1) is 18.2. The molecule has 1 heterocycles. The number of rotatable bonds is 14. The topological polar surface area (TPSA) is 94.5 Å². The molecule has 1 saturated heterocycles. The van der Waals surface area contributed by atoms with Crippen LogP contribution >= 0.6 is 0 Å². The zero-order chi connectivity index (χ0) is 27.7. The second-order valence-electron chi connectivity index (χ2n) is 10.2. The minimum atomic E-state index is -0.937. The van der Waals surface area contributed by atoms with Gasteiger partial charge in [-0.1, -0.05) is 63.2 Å². The van der Waals surface area contributed by atoms with Gasteiger partial charge in [-0.2, -0.15) is 0 Å². The highest BCUT2D eigenvalue weighted by molar-refractivity contribution is 5.95. The summed E-state index contributed by atoms with van der Waals surface area (Å²) in [5.41, 5.74) is 2.04. The van der Waals surface area contributed by atoms with Gasteiger partial charge in [-0.3, -0.25) is 4.79 Å². The minimum absolute atomic E-state index is 0.0295. The Morgan fingerprint density at radius 3 is 2.37 bits per heavy atom. The lowest BCUT2D eigenvalue weighted by Gasteiger charge is -2.32. The van der Waals surface area contributed by atoms with Crippen molar-refractivity contribution in [3.05, 3.63) is 65.7 Å². The van der Waals surface area contributed by atoms with Crippen LogP contribution in [0.4, 0.5) is 4.79 Å². The molecule has 3 rings (SSSR count). The normalized spacial score (nSPS) is 19.4. The van der Waals surface area contributed by atoms with Crippen LogP contribution in [0, 0.1) is 17.8 Å². The first-order valence-electron chi connectivity index (χ1n) is 13.2. The standard InChI is InChI=1S/C30H41NO7/c1-20(15-27(19-35-4)37-17-24-11-13-26(36-5)14-12-24)21(2)28(32)22(3)29(33)31-25(18-38-30(31)34)16-23-9-7-6-8-10-23/h6-14,20-22,25,27-28,32H,15-19H2,1-5H3. The number of nitrogens with zero attached hydrogens (tertiary/aromatic N) is 1. The third-order valence-electron chi connectivity index (χ3n) is 7.48. The Morgan fingerprint density at radius 1 is 1.05 bits per heavy atom. The van der Waals surface area contributed by atoms with Crippen LogP contribution in [-0.2, 0) is 32.0 Å². The molecule has 1 aliphatic heterocycles. The maximum Gasteiger partial charge on any atom is 0.416 e. The van der Waals surface area contributed by atoms with E-state index in [1.54, 1.807) is 21.1 Å². The van der Waals surface area contributed by atoms with E-state index in [1.807, 2.05) is 68.4 Å². The lowest BCUT2D eigenvalue weighted by Crippen LogP contribution is -2.47. The number of ether oxygens (including phenoxy) is 4. The Labute approximate surface area is 225 Å². The largest absolute Gasteiger partial charge is 0.497 e. The lowest BCUT2D eigenvalue weighted by atomic mass is 9.81. The van der Waals surface area contributed by atoms with Crippen LogP contribution in [0.2, 0.25) is 0 Å². The van der Waals surface area contributed by atoms with Gasteiger partial charge in [0.15, 0.2) is 0 Å². The molecular formula is C30H41NO7. The van der Waals surface area contributed by atoms with E-state index in [-0.39, 0.29) is 24.5 Å². The summed E-state index contributed by atoms with van der Waals surface area (Å²) >= 11 is 0. The highest BCUT2D eigenvalue weighted by Crippen LogP contribution is 2.29. The van der Waals surface area contributed by atoms with Gasteiger partial charge in [-0.05, 0) is 47.9 Å². The summed E-state index contributed by atoms with van der Waals surface area (Å²) in [4.78, 5) is 27.0. The summed E-state index contributed by atoms with van der Waals surface area (Å²) in [5, 5.41) is 11.2. The number of benzene rings is 2. The van der Waals surface area contributed by atoms with E-state index >= 15 is 0 Å². The average molecular weight is 528 g/mol. The SMILES string of the molecule is COCC(CC(C)C(C)C(O)C(C)C(=O)N1C(=O)OCC1Cc1ccccc1)OCc1ccc(OC)cc1. The summed E-state index contributed by atoms with van der Waals surface area (Å²) in [6.07, 6.45) is -0.611. The Morgan fingerprint density at radius 2 is 1.74 bits per heavy atom. The van der Waals surface area contributed by atoms with Gasteiger partial charge in [0.2, 0.25) is 5.91 Å². The second-order valence-corrected chi connectivity index (χ2v) is 10.2. The molecule has 6 atom stereocenters. The van der Waals surface area contributed by atoms with Crippen LogP contribution in [0.25, 0.3) is 0 Å². The molecule has 0 bridgehead atoms. The number of hydrogen-bond acceptors (Lipinski definition) is 7. The minimum Gasteiger partial charge on any atom is -0.497 e. The number of cyclic esters (lactones) is 1. The van der Waals surface area contributed by atoms with Gasteiger partial charge in [0.25, 0.3) is 0 Å². The fourth-order valence-corrected chi connectivity index (χ4v) is 4.86. The second kappa shape index (κ2) is 14.3. The summed E-state index contributed by atoms with van der Waals surface area (Å²) in [6, 6.07) is 17.0. The van der Waals surface area contributed by atoms with E-state index in [2.05, 4.69) is 0 Å². The first-order valence-corrected chi connectivity index (χ1v) is 13.2. The fourth-order valence-electron chi connectivity index (χ4n) is 4.86. The molecule has 38 heavy (non-hydrogen) atoms. The molecular weight excluding hydrogens is 486 g/mol. The number of aliphatic hydroxyl groups excluding tert-OH is 1. The van der Waals surface area contributed by atoms with Crippen molar-refractivity contribution in [2.24, 2.45) is 17.8 Å². The number of aliphatic hydroxyl groups is 1. The van der Waals surface area contributed by atoms with Crippen molar-refractivity contribution < 1.29 is 33.6 Å². The maximum absolute atomic E-state index is 13.4. The highest BCUT2D eigenvalue weighted by atomic mass is 16.6. The third-order valence-corrected chi connectivity index (χ3v) is 7.48. The molecule has 1 N–H and O–H groups in total. The Hall–Kier alpha value is -2.94. The molecule has 8 heteroatoms. The molecule has 0 spiro atoms. The molecule has 1 aliphatic rings. The number of imide groups is 1. The molecule has 1 fully saturated rings. The maximum atomic E-state index is 13.4. The van der Waals surface area contributed by atoms with Gasteiger partial charge in [0, 0.05) is 7.11 Å². The van der Waals surface area contributed by atoms with Gasteiger partial charge < -0.3 is 24.1 Å². The summed E-state index contributed by atoms with van der Waals surface area (Å²) < 4.78 is 21.9. The molecule has 6 unspecified atom stereocenters. The third kappa shape index (κ3) is 7.79. The van der Waals surface area contributed by atoms with Crippen molar-refractivity contribution >= 4 is 12.0 Å². The monoisotopic (exact) mass is 527 g/mol. The van der Waals surface area contributed by atoms with Crippen LogP contribution in [0.1, 0.15) is 38.3 Å².